The smallest absolute Gasteiger partial charge is 0.146 e. The number of nitrogens with zero attached hydrogens (tertiary/aromatic N) is 3. The first-order valence-corrected chi connectivity index (χ1v) is 5.79. The van der Waals surface area contributed by atoms with E-state index in [1.165, 1.54) is 11.1 Å². The summed E-state index contributed by atoms with van der Waals surface area (Å²) >= 11 is 0. The summed E-state index contributed by atoms with van der Waals surface area (Å²) in [5.41, 5.74) is 2.58. The quantitative estimate of drug-likeness (QED) is 0.873. The number of aryl methyl sites for hydroxylation is 2. The largest absolute Gasteiger partial charge is 0.320 e. The Labute approximate surface area is 102 Å². The minimum Gasteiger partial charge on any atom is -0.320 e. The summed E-state index contributed by atoms with van der Waals surface area (Å²) in [7, 11) is 1.95. The van der Waals surface area contributed by atoms with E-state index in [2.05, 4.69) is 53.6 Å². The maximum Gasteiger partial charge on any atom is 0.146 e. The number of hydrogen-bond donors (Lipinski definition) is 1. The summed E-state index contributed by atoms with van der Waals surface area (Å²) < 4.78 is 1.93. The van der Waals surface area contributed by atoms with Gasteiger partial charge in [0.25, 0.3) is 0 Å². The highest BCUT2D eigenvalue weighted by Crippen LogP contribution is 2.13. The fourth-order valence-electron chi connectivity index (χ4n) is 1.68. The minimum atomic E-state index is 0.312. The Morgan fingerprint density at radius 1 is 1.29 bits per heavy atom. The van der Waals surface area contributed by atoms with Crippen LogP contribution >= 0.6 is 0 Å². The molecule has 2 aromatic rings. The van der Waals surface area contributed by atoms with Crippen LogP contribution in [0, 0.1) is 6.92 Å². The van der Waals surface area contributed by atoms with Crippen molar-refractivity contribution in [1.29, 1.82) is 0 Å². The van der Waals surface area contributed by atoms with Crippen molar-refractivity contribution in [1.82, 2.24) is 20.1 Å². The van der Waals surface area contributed by atoms with Gasteiger partial charge in [0.05, 0.1) is 6.54 Å². The van der Waals surface area contributed by atoms with Gasteiger partial charge in [-0.15, -0.1) is 10.2 Å². The Morgan fingerprint density at radius 2 is 2.00 bits per heavy atom. The lowest BCUT2D eigenvalue weighted by Crippen LogP contribution is -2.20. The molecule has 4 nitrogen and oxygen atoms in total. The molecule has 0 spiro atoms. The number of rotatable bonds is 4. The lowest BCUT2D eigenvalue weighted by molar-refractivity contribution is 0.548. The minimum absolute atomic E-state index is 0.312. The Kier molecular flexibility index (Phi) is 3.54. The van der Waals surface area contributed by atoms with E-state index in [1.807, 2.05) is 11.6 Å². The molecule has 1 heterocycles. The molecule has 0 saturated heterocycles. The number of hydrogen-bond acceptors (Lipinski definition) is 3. The lowest BCUT2D eigenvalue weighted by atomic mass is 10.1. The molecule has 1 atom stereocenters. The van der Waals surface area contributed by atoms with E-state index in [4.69, 9.17) is 0 Å². The molecule has 0 fully saturated rings. The highest BCUT2D eigenvalue weighted by atomic mass is 15.3. The summed E-state index contributed by atoms with van der Waals surface area (Å²) in [5.74, 6) is 0.948. The van der Waals surface area contributed by atoms with Crippen LogP contribution in [0.1, 0.15) is 29.9 Å². The van der Waals surface area contributed by atoms with Crippen molar-refractivity contribution >= 4 is 0 Å². The molecule has 0 unspecified atom stereocenters. The Bertz CT molecular complexity index is 472. The molecule has 0 aliphatic heterocycles. The third-order valence-corrected chi connectivity index (χ3v) is 2.95. The van der Waals surface area contributed by atoms with Crippen molar-refractivity contribution in [2.45, 2.75) is 26.4 Å². The van der Waals surface area contributed by atoms with Crippen LogP contribution < -0.4 is 5.32 Å². The second-order valence-electron chi connectivity index (χ2n) is 4.37. The Morgan fingerprint density at radius 3 is 2.59 bits per heavy atom. The Balaban J connectivity index is 1.95. The molecule has 17 heavy (non-hydrogen) atoms. The van der Waals surface area contributed by atoms with Crippen molar-refractivity contribution in [2.24, 2.45) is 7.05 Å². The molecule has 0 radical (unpaired) electrons. The van der Waals surface area contributed by atoms with Gasteiger partial charge in [-0.1, -0.05) is 29.8 Å². The zero-order valence-electron chi connectivity index (χ0n) is 10.5. The van der Waals surface area contributed by atoms with Crippen LogP contribution in [0.15, 0.2) is 30.6 Å². The summed E-state index contributed by atoms with van der Waals surface area (Å²) in [6.45, 7) is 4.98. The molecular formula is C13H18N4. The van der Waals surface area contributed by atoms with E-state index < -0.39 is 0 Å². The molecule has 1 N–H and O–H groups in total. The number of aromatic nitrogens is 3. The zero-order chi connectivity index (χ0) is 12.3. The van der Waals surface area contributed by atoms with Crippen LogP contribution in [0.2, 0.25) is 0 Å². The van der Waals surface area contributed by atoms with Crippen LogP contribution in [0.4, 0.5) is 0 Å². The van der Waals surface area contributed by atoms with E-state index in [0.29, 0.717) is 6.04 Å². The average Bonchev–Trinajstić information content (AvgIpc) is 2.73. The van der Waals surface area contributed by atoms with Crippen molar-refractivity contribution in [3.8, 4) is 0 Å². The summed E-state index contributed by atoms with van der Waals surface area (Å²) in [6, 6.07) is 8.89. The van der Waals surface area contributed by atoms with Crippen LogP contribution in [0.3, 0.4) is 0 Å². The van der Waals surface area contributed by atoms with Gasteiger partial charge >= 0.3 is 0 Å². The molecule has 0 aliphatic rings. The first-order valence-electron chi connectivity index (χ1n) is 5.79. The zero-order valence-corrected chi connectivity index (χ0v) is 10.5. The van der Waals surface area contributed by atoms with E-state index in [9.17, 15) is 0 Å². The molecule has 1 aromatic heterocycles. The van der Waals surface area contributed by atoms with E-state index in [1.54, 1.807) is 6.33 Å². The molecular weight excluding hydrogens is 212 g/mol. The van der Waals surface area contributed by atoms with Gasteiger partial charge in [0.15, 0.2) is 0 Å². The highest BCUT2D eigenvalue weighted by molar-refractivity contribution is 5.23. The van der Waals surface area contributed by atoms with Crippen molar-refractivity contribution in [2.75, 3.05) is 0 Å². The molecule has 0 aliphatic carbocycles. The normalized spacial score (nSPS) is 12.6. The predicted octanol–water partition coefficient (Wildman–Crippen LogP) is 1.97. The van der Waals surface area contributed by atoms with Crippen LogP contribution in [0.25, 0.3) is 0 Å². The lowest BCUT2D eigenvalue weighted by Gasteiger charge is -2.14. The van der Waals surface area contributed by atoms with Crippen molar-refractivity contribution < 1.29 is 0 Å². The maximum atomic E-state index is 4.05. The summed E-state index contributed by atoms with van der Waals surface area (Å²) in [6.07, 6.45) is 1.72. The molecule has 2 rings (SSSR count). The fourth-order valence-corrected chi connectivity index (χ4v) is 1.68. The van der Waals surface area contributed by atoms with Gasteiger partial charge in [0.2, 0.25) is 0 Å². The average molecular weight is 230 g/mol. The van der Waals surface area contributed by atoms with Gasteiger partial charge in [-0.3, -0.25) is 0 Å². The van der Waals surface area contributed by atoms with Gasteiger partial charge < -0.3 is 9.88 Å². The van der Waals surface area contributed by atoms with Crippen LogP contribution in [0.5, 0.6) is 0 Å². The van der Waals surface area contributed by atoms with Gasteiger partial charge in [0, 0.05) is 13.1 Å². The van der Waals surface area contributed by atoms with Crippen LogP contribution in [-0.2, 0) is 13.6 Å². The Hall–Kier alpha value is -1.68. The standard InChI is InChI=1S/C13H18N4/c1-10-4-6-12(7-5-10)11(2)14-8-13-16-15-9-17(13)3/h4-7,9,11,14H,8H2,1-3H3/t11-/m1/s1. The first-order chi connectivity index (χ1) is 8.16. The maximum absolute atomic E-state index is 4.05. The second-order valence-corrected chi connectivity index (χ2v) is 4.37. The van der Waals surface area contributed by atoms with E-state index in [0.717, 1.165) is 12.4 Å². The monoisotopic (exact) mass is 230 g/mol. The molecule has 4 heteroatoms. The van der Waals surface area contributed by atoms with E-state index in [-0.39, 0.29) is 0 Å². The van der Waals surface area contributed by atoms with E-state index >= 15 is 0 Å². The van der Waals surface area contributed by atoms with Crippen molar-refractivity contribution in [3.63, 3.8) is 0 Å². The highest BCUT2D eigenvalue weighted by Gasteiger charge is 2.06. The SMILES string of the molecule is Cc1ccc([C@@H](C)NCc2nncn2C)cc1. The fraction of sp³-hybridized carbons (Fsp3) is 0.385. The molecule has 90 valence electrons. The third kappa shape index (κ3) is 2.91. The molecule has 1 aromatic carbocycles. The molecule has 0 saturated carbocycles. The number of nitrogens with one attached hydrogen (secondary N) is 1. The summed E-state index contributed by atoms with van der Waals surface area (Å²) in [4.78, 5) is 0. The van der Waals surface area contributed by atoms with Crippen LogP contribution in [-0.4, -0.2) is 14.8 Å². The first kappa shape index (κ1) is 11.8. The third-order valence-electron chi connectivity index (χ3n) is 2.95. The second kappa shape index (κ2) is 5.10. The van der Waals surface area contributed by atoms with Gasteiger partial charge in [-0.25, -0.2) is 0 Å². The van der Waals surface area contributed by atoms with Gasteiger partial charge in [-0.05, 0) is 19.4 Å². The molecule has 0 amide bonds. The van der Waals surface area contributed by atoms with Crippen molar-refractivity contribution in [3.05, 3.63) is 47.5 Å². The predicted molar refractivity (Wildman–Crippen MR) is 67.4 cm³/mol. The van der Waals surface area contributed by atoms with Gasteiger partial charge in [-0.2, -0.15) is 0 Å². The van der Waals surface area contributed by atoms with Gasteiger partial charge in [0.1, 0.15) is 12.2 Å². The topological polar surface area (TPSA) is 42.7 Å². The molecule has 0 bridgehead atoms. The summed E-state index contributed by atoms with van der Waals surface area (Å²) in [5, 5.41) is 11.3. The number of benzene rings is 1.